The van der Waals surface area contributed by atoms with Crippen LogP contribution in [0.2, 0.25) is 58.9 Å². The van der Waals surface area contributed by atoms with Crippen LogP contribution >= 0.6 is 0 Å². The first-order chi connectivity index (χ1) is 22.1. The third kappa shape index (κ3) is 7.18. The van der Waals surface area contributed by atoms with Gasteiger partial charge in [-0.05, 0) is 158 Å². The number of cyclic esters (lactones) is 1. The van der Waals surface area contributed by atoms with E-state index in [2.05, 4.69) is 79.7 Å². The van der Waals surface area contributed by atoms with Gasteiger partial charge in [-0.25, -0.2) is 4.79 Å². The van der Waals surface area contributed by atoms with E-state index in [-0.39, 0.29) is 47.7 Å². The first-order valence-electron chi connectivity index (χ1n) is 19.4. The van der Waals surface area contributed by atoms with E-state index in [4.69, 9.17) is 27.5 Å². The van der Waals surface area contributed by atoms with E-state index in [9.17, 15) is 4.79 Å². The molecule has 2 heterocycles. The van der Waals surface area contributed by atoms with Crippen molar-refractivity contribution >= 4 is 30.9 Å². The smallest absolute Gasteiger partial charge is 0.331 e. The molecule has 6 unspecified atom stereocenters. The number of rotatable bonds is 9. The fraction of sp³-hybridized carbons (Fsp3) is 0.921. The Kier molecular flexibility index (Phi) is 10.1. The lowest BCUT2D eigenvalue weighted by Crippen LogP contribution is -2.65. The number of carbonyl (C=O) groups is 1. The fourth-order valence-corrected chi connectivity index (χ4v) is 15.6. The van der Waals surface area contributed by atoms with Gasteiger partial charge in [0.2, 0.25) is 0 Å². The molecule has 0 bridgehead atoms. The average Bonchev–Trinajstić information content (AvgIpc) is 3.48. The van der Waals surface area contributed by atoms with Crippen LogP contribution in [0.15, 0.2) is 11.6 Å². The van der Waals surface area contributed by atoms with Gasteiger partial charge >= 0.3 is 5.97 Å². The third-order valence-corrected chi connectivity index (χ3v) is 16.3. The lowest BCUT2D eigenvalue weighted by Gasteiger charge is -2.66. The van der Waals surface area contributed by atoms with Crippen molar-refractivity contribution in [1.29, 1.82) is 0 Å². The largest absolute Gasteiger partial charge is 0.458 e. The molecule has 0 aromatic rings. The molecule has 6 aliphatic rings. The highest BCUT2D eigenvalue weighted by atomic mass is 28.4. The molecule has 12 atom stereocenters. The van der Waals surface area contributed by atoms with Crippen LogP contribution in [0.3, 0.4) is 0 Å². The molecule has 6 rings (SSSR count). The van der Waals surface area contributed by atoms with Crippen LogP contribution in [0, 0.1) is 34.5 Å². The van der Waals surface area contributed by atoms with Gasteiger partial charge in [-0.2, -0.15) is 0 Å². The lowest BCUT2D eigenvalue weighted by atomic mass is 9.43. The van der Waals surface area contributed by atoms with Crippen LogP contribution in [0.1, 0.15) is 85.0 Å². The monoisotopic (exact) mass is 720 g/mol. The summed E-state index contributed by atoms with van der Waals surface area (Å²) >= 11 is 0. The maximum Gasteiger partial charge on any atom is 0.331 e. The zero-order valence-corrected chi connectivity index (χ0v) is 35.4. The molecule has 4 aliphatic carbocycles. The van der Waals surface area contributed by atoms with Gasteiger partial charge in [-0.3, -0.25) is 0 Å². The molecule has 0 N–H and O–H groups in total. The summed E-state index contributed by atoms with van der Waals surface area (Å²) in [6, 6.07) is 0. The Hall–Kier alpha value is -0.339. The number of ether oxygens (including phenoxy) is 3. The minimum Gasteiger partial charge on any atom is -0.458 e. The van der Waals surface area contributed by atoms with Crippen LogP contribution < -0.4 is 0 Å². The molecule has 0 aromatic heterocycles. The van der Waals surface area contributed by atoms with Crippen molar-refractivity contribution in [2.24, 2.45) is 34.5 Å². The quantitative estimate of drug-likeness (QED) is 0.134. The van der Waals surface area contributed by atoms with Gasteiger partial charge in [0, 0.05) is 17.9 Å². The van der Waals surface area contributed by atoms with Crippen molar-refractivity contribution in [3.63, 3.8) is 0 Å². The van der Waals surface area contributed by atoms with Gasteiger partial charge in [0.1, 0.15) is 6.61 Å². The van der Waals surface area contributed by atoms with Crippen molar-refractivity contribution < 1.29 is 32.3 Å². The number of carbonyl (C=O) groups excluding carboxylic acids is 1. The Bertz CT molecular complexity index is 1240. The number of esters is 1. The fourth-order valence-electron chi connectivity index (χ4n) is 11.7. The van der Waals surface area contributed by atoms with Gasteiger partial charge in [0.05, 0.1) is 30.0 Å². The molecule has 48 heavy (non-hydrogen) atoms. The summed E-state index contributed by atoms with van der Waals surface area (Å²) in [7, 11) is -5.41. The Morgan fingerprint density at radius 2 is 1.50 bits per heavy atom. The molecule has 0 radical (unpaired) electrons. The van der Waals surface area contributed by atoms with Gasteiger partial charge in [0.15, 0.2) is 31.2 Å². The topological polar surface area (TPSA) is 72.5 Å². The van der Waals surface area contributed by atoms with Crippen molar-refractivity contribution in [1.82, 2.24) is 0 Å². The highest BCUT2D eigenvalue weighted by Gasteiger charge is 2.69. The number of hydrogen-bond acceptors (Lipinski definition) is 7. The highest BCUT2D eigenvalue weighted by Crippen LogP contribution is 2.71. The molecule has 0 amide bonds. The Morgan fingerprint density at radius 3 is 2.12 bits per heavy atom. The number of hydrogen-bond donors (Lipinski definition) is 0. The van der Waals surface area contributed by atoms with Gasteiger partial charge in [-0.1, -0.05) is 13.8 Å². The first-order valence-corrected chi connectivity index (χ1v) is 29.6. The maximum absolute atomic E-state index is 12.2. The van der Waals surface area contributed by atoms with E-state index < -0.39 is 25.0 Å². The van der Waals surface area contributed by atoms with Crippen molar-refractivity contribution in [3.8, 4) is 0 Å². The molecule has 2 aliphatic heterocycles. The minimum absolute atomic E-state index is 0.0143. The Morgan fingerprint density at radius 1 is 0.792 bits per heavy atom. The van der Waals surface area contributed by atoms with Crippen molar-refractivity contribution in [3.05, 3.63) is 11.6 Å². The number of fused-ring (bicyclic) bond motifs is 5. The van der Waals surface area contributed by atoms with Crippen LogP contribution in [-0.4, -0.2) is 73.8 Å². The molecular formula is C38H68O7Si3. The second-order valence-corrected chi connectivity index (χ2v) is 33.3. The van der Waals surface area contributed by atoms with E-state index >= 15 is 0 Å². The molecule has 1 saturated heterocycles. The first kappa shape index (κ1) is 37.4. The lowest BCUT2D eigenvalue weighted by molar-refractivity contribution is -0.266. The van der Waals surface area contributed by atoms with E-state index in [0.717, 1.165) is 32.1 Å². The van der Waals surface area contributed by atoms with E-state index in [0.29, 0.717) is 35.7 Å². The second-order valence-electron chi connectivity index (χ2n) is 20.0. The molecule has 0 spiro atoms. The van der Waals surface area contributed by atoms with Crippen LogP contribution in [0.5, 0.6) is 0 Å². The normalized spacial score (nSPS) is 45.2. The summed E-state index contributed by atoms with van der Waals surface area (Å²) in [5.41, 5.74) is 1.43. The molecule has 7 nitrogen and oxygen atoms in total. The molecule has 5 fully saturated rings. The van der Waals surface area contributed by atoms with Gasteiger partial charge in [-0.15, -0.1) is 0 Å². The summed E-state index contributed by atoms with van der Waals surface area (Å²) in [5, 5.41) is 0. The zero-order chi connectivity index (χ0) is 35.1. The SMILES string of the molecule is CC1OC(OC2CC[C@@]3(C)C(CC[C@@H]4[C@@H]3CC[C@]3(C)[C@@H](C5=CC(=O)OC5)CC[C@]43O[Si](C)(C)C)C2)CC(O[Si](C)(C)C)C1O[Si](C)(C)C. The van der Waals surface area contributed by atoms with E-state index in [1.807, 2.05) is 6.08 Å². The molecule has 10 heteroatoms. The summed E-state index contributed by atoms with van der Waals surface area (Å²) < 4.78 is 39.9. The van der Waals surface area contributed by atoms with Crippen molar-refractivity contribution in [2.75, 3.05) is 6.61 Å². The van der Waals surface area contributed by atoms with Gasteiger partial charge in [0.25, 0.3) is 0 Å². The maximum atomic E-state index is 12.2. The summed E-state index contributed by atoms with van der Waals surface area (Å²) in [6.07, 6.45) is 13.0. The van der Waals surface area contributed by atoms with Crippen LogP contribution in [0.4, 0.5) is 0 Å². The summed E-state index contributed by atoms with van der Waals surface area (Å²) in [4.78, 5) is 12.2. The molecule has 274 valence electrons. The highest BCUT2D eigenvalue weighted by molar-refractivity contribution is 6.70. The van der Waals surface area contributed by atoms with Gasteiger partial charge < -0.3 is 27.5 Å². The Labute approximate surface area is 295 Å². The van der Waals surface area contributed by atoms with Crippen LogP contribution in [0.25, 0.3) is 0 Å². The zero-order valence-electron chi connectivity index (χ0n) is 32.4. The minimum atomic E-state index is -1.86. The Balaban J connectivity index is 1.17. The summed E-state index contributed by atoms with van der Waals surface area (Å²) in [6.45, 7) is 28.5. The summed E-state index contributed by atoms with van der Waals surface area (Å²) in [5.74, 6) is 2.10. The third-order valence-electron chi connectivity index (χ3n) is 13.3. The molecule has 0 aromatic carbocycles. The standard InChI is InChI=1S/C38H68O7Si3/c1-25-35(44-47(7,8)9)32(43-46(4,5)6)23-34(41-25)42-28-15-18-36(2)27(22-28)13-14-31-30(36)16-19-37(3)29(26-21-33(39)40-24-26)17-20-38(31,37)45-48(10,11)12/h21,25,27-32,34-35H,13-20,22-24H2,1-12H3/t25?,27?,28?,29-,30+,31-,32?,34?,35?,36+,37-,38+/m1/s1. The van der Waals surface area contributed by atoms with E-state index in [1.54, 1.807) is 0 Å². The van der Waals surface area contributed by atoms with Crippen molar-refractivity contribution in [2.45, 2.75) is 180 Å². The van der Waals surface area contributed by atoms with Crippen LogP contribution in [-0.2, 0) is 32.3 Å². The predicted molar refractivity (Wildman–Crippen MR) is 198 cm³/mol. The predicted octanol–water partition coefficient (Wildman–Crippen LogP) is 9.06. The second kappa shape index (κ2) is 13.0. The average molecular weight is 721 g/mol. The van der Waals surface area contributed by atoms with E-state index in [1.165, 1.54) is 37.7 Å². The molecule has 4 saturated carbocycles. The molecular weight excluding hydrogens is 653 g/mol.